The molecule has 5 aliphatic heterocycles. The summed E-state index contributed by atoms with van der Waals surface area (Å²) in [4.78, 5) is 47.3. The molecule has 56 heavy (non-hydrogen) atoms. The molecule has 4 aromatic rings. The number of para-hydroxylation sites is 1. The number of nitrogens with zero attached hydrogens (tertiary/aromatic N) is 6. The fourth-order valence-electron chi connectivity index (χ4n) is 9.39. The normalized spacial score (nSPS) is 22.8. The molecule has 0 saturated carbocycles. The van der Waals surface area contributed by atoms with Gasteiger partial charge >= 0.3 is 18.2 Å². The highest BCUT2D eigenvalue weighted by molar-refractivity contribution is 7.22. The molecule has 4 saturated heterocycles. The number of aromatic nitrogens is 3. The number of benzene rings is 2. The summed E-state index contributed by atoms with van der Waals surface area (Å²) in [5, 5.41) is 3.41. The molecule has 2 aromatic heterocycles. The van der Waals surface area contributed by atoms with E-state index in [2.05, 4.69) is 15.1 Å². The van der Waals surface area contributed by atoms with Crippen LogP contribution in [0.15, 0.2) is 18.2 Å². The molecule has 16 heteroatoms. The number of piperazine rings is 1. The minimum Gasteiger partial charge on any atom is -0.489 e. The van der Waals surface area contributed by atoms with Crippen LogP contribution in [0.1, 0.15) is 80.1 Å². The van der Waals surface area contributed by atoms with E-state index in [1.165, 1.54) is 11.3 Å². The van der Waals surface area contributed by atoms with Crippen LogP contribution in [0, 0.1) is 5.82 Å². The number of ether oxygens (including phenoxy) is 4. The van der Waals surface area contributed by atoms with Crippen LogP contribution in [-0.4, -0.2) is 105 Å². The van der Waals surface area contributed by atoms with Crippen molar-refractivity contribution < 1.29 is 32.9 Å². The van der Waals surface area contributed by atoms with E-state index >= 15 is 4.39 Å². The Labute approximate surface area is 333 Å². The first-order chi connectivity index (χ1) is 26.6. The number of amides is 2. The molecular formula is C40H47ClFN7O6S. The SMILES string of the molecule is CC(C)(C)OC(=O)Nc1nc2c(-c3c(Cl)c4c5c(nc(OCC67CCCN6CCC7)nc5c3F)N3C[C@H]5CC[C@@H]([C@H]3CO4)N5C(=O)OC(C)(C)C)cccc2s1. The number of carbonyl (C=O) groups is 2. The second-order valence-corrected chi connectivity index (χ2v) is 19.0. The standard InChI is InChI=1S/C40H47ClFN7O6S/c1-38(2,3)54-36(50)46-35-44-30-22(10-7-11-25(30)56-35)26-28(41)32-27-31(29(26)42)43-34(53-20-40-14-8-16-47(40)17-9-15-40)45-33(27)48-18-21-12-13-23(24(48)19-52-32)49(21)37(51)55-39(4,5)6/h7,10-11,21,23-24H,8-9,12-20H2,1-6H3,(H,44,46,50)/t21-,23+,24-/m1/s1. The Morgan fingerprint density at radius 1 is 1.02 bits per heavy atom. The second-order valence-electron chi connectivity index (χ2n) is 17.6. The molecule has 2 aromatic carbocycles. The molecular weight excluding hydrogens is 761 g/mol. The highest BCUT2D eigenvalue weighted by Crippen LogP contribution is 2.51. The summed E-state index contributed by atoms with van der Waals surface area (Å²) in [6, 6.07) is 4.76. The number of carbonyl (C=O) groups excluding carboxylic acids is 2. The van der Waals surface area contributed by atoms with Crippen molar-refractivity contribution in [3.05, 3.63) is 29.0 Å². The summed E-state index contributed by atoms with van der Waals surface area (Å²) in [5.41, 5.74) is -0.503. The van der Waals surface area contributed by atoms with Gasteiger partial charge in [-0.2, -0.15) is 9.97 Å². The summed E-state index contributed by atoms with van der Waals surface area (Å²) >= 11 is 8.51. The number of nitrogens with one attached hydrogen (secondary N) is 1. The van der Waals surface area contributed by atoms with Gasteiger partial charge in [-0.05, 0) is 99.2 Å². The molecule has 5 aliphatic rings. The minimum atomic E-state index is -0.702. The zero-order chi connectivity index (χ0) is 39.3. The number of anilines is 2. The number of hydrogen-bond donors (Lipinski definition) is 1. The third kappa shape index (κ3) is 6.43. The molecule has 298 valence electrons. The van der Waals surface area contributed by atoms with Crippen molar-refractivity contribution in [3.63, 3.8) is 0 Å². The fourth-order valence-corrected chi connectivity index (χ4v) is 10.6. The Balaban J connectivity index is 1.16. The van der Waals surface area contributed by atoms with Gasteiger partial charge in [-0.1, -0.05) is 35.1 Å². The van der Waals surface area contributed by atoms with Gasteiger partial charge in [0, 0.05) is 17.7 Å². The molecule has 9 rings (SSSR count). The van der Waals surface area contributed by atoms with Crippen LogP contribution < -0.4 is 19.7 Å². The van der Waals surface area contributed by atoms with Gasteiger partial charge in [0.05, 0.1) is 44.3 Å². The monoisotopic (exact) mass is 807 g/mol. The van der Waals surface area contributed by atoms with Crippen molar-refractivity contribution in [2.75, 3.05) is 43.1 Å². The molecule has 4 fully saturated rings. The topological polar surface area (TPSA) is 131 Å². The van der Waals surface area contributed by atoms with Gasteiger partial charge in [0.25, 0.3) is 0 Å². The summed E-state index contributed by atoms with van der Waals surface area (Å²) in [7, 11) is 0. The number of thiazole rings is 1. The molecule has 0 radical (unpaired) electrons. The third-order valence-corrected chi connectivity index (χ3v) is 12.9. The average Bonchev–Trinajstić information content (AvgIpc) is 3.86. The van der Waals surface area contributed by atoms with E-state index in [-0.39, 0.29) is 64.2 Å². The lowest BCUT2D eigenvalue weighted by molar-refractivity contribution is 0.00543. The van der Waals surface area contributed by atoms with Crippen LogP contribution in [-0.2, 0) is 9.47 Å². The molecule has 2 amide bonds. The molecule has 0 aliphatic carbocycles. The first kappa shape index (κ1) is 37.4. The summed E-state index contributed by atoms with van der Waals surface area (Å²) in [6.45, 7) is 14.0. The van der Waals surface area contributed by atoms with Crippen LogP contribution >= 0.6 is 22.9 Å². The van der Waals surface area contributed by atoms with Crippen molar-refractivity contribution in [2.45, 2.75) is 115 Å². The fraction of sp³-hybridized carbons (Fsp3) is 0.575. The van der Waals surface area contributed by atoms with Gasteiger partial charge in [0.2, 0.25) is 0 Å². The van der Waals surface area contributed by atoms with Crippen LogP contribution in [0.4, 0.5) is 24.9 Å². The van der Waals surface area contributed by atoms with Gasteiger partial charge in [0.1, 0.15) is 35.8 Å². The lowest BCUT2D eigenvalue weighted by Crippen LogP contribution is -2.63. The molecule has 3 atom stereocenters. The first-order valence-electron chi connectivity index (χ1n) is 19.5. The maximum atomic E-state index is 17.6. The molecule has 13 nitrogen and oxygen atoms in total. The number of halogens is 2. The Morgan fingerprint density at radius 3 is 2.50 bits per heavy atom. The largest absolute Gasteiger partial charge is 0.489 e. The quantitative estimate of drug-likeness (QED) is 0.209. The van der Waals surface area contributed by atoms with Gasteiger partial charge in [0.15, 0.2) is 16.7 Å². The van der Waals surface area contributed by atoms with E-state index in [9.17, 15) is 9.59 Å². The van der Waals surface area contributed by atoms with Crippen LogP contribution in [0.25, 0.3) is 32.2 Å². The minimum absolute atomic E-state index is 0.0218. The summed E-state index contributed by atoms with van der Waals surface area (Å²) in [5.74, 6) is 0.0613. The third-order valence-electron chi connectivity index (χ3n) is 11.6. The molecule has 7 heterocycles. The van der Waals surface area contributed by atoms with E-state index in [0.717, 1.165) is 51.6 Å². The Hall–Kier alpha value is -4.21. The molecule has 1 N–H and O–H groups in total. The van der Waals surface area contributed by atoms with Crippen LogP contribution in [0.2, 0.25) is 5.02 Å². The molecule has 2 bridgehead atoms. The van der Waals surface area contributed by atoms with Crippen molar-refractivity contribution in [3.8, 4) is 22.9 Å². The van der Waals surface area contributed by atoms with Crippen molar-refractivity contribution in [2.24, 2.45) is 0 Å². The zero-order valence-electron chi connectivity index (χ0n) is 32.5. The smallest absolute Gasteiger partial charge is 0.413 e. The molecule has 0 unspecified atom stereocenters. The lowest BCUT2D eigenvalue weighted by atomic mass is 9.95. The molecule has 0 spiro atoms. The van der Waals surface area contributed by atoms with Gasteiger partial charge in [-0.25, -0.2) is 19.0 Å². The number of fused-ring (bicyclic) bond motifs is 7. The number of rotatable bonds is 5. The van der Waals surface area contributed by atoms with Crippen molar-refractivity contribution in [1.82, 2.24) is 24.8 Å². The van der Waals surface area contributed by atoms with Crippen LogP contribution in [0.5, 0.6) is 11.8 Å². The van der Waals surface area contributed by atoms with E-state index in [1.807, 2.05) is 31.7 Å². The predicted octanol–water partition coefficient (Wildman–Crippen LogP) is 8.40. The second kappa shape index (κ2) is 13.4. The number of hydrogen-bond acceptors (Lipinski definition) is 12. The van der Waals surface area contributed by atoms with Gasteiger partial charge in [-0.15, -0.1) is 0 Å². The zero-order valence-corrected chi connectivity index (χ0v) is 34.1. The predicted molar refractivity (Wildman–Crippen MR) is 213 cm³/mol. The van der Waals surface area contributed by atoms with E-state index in [0.29, 0.717) is 45.3 Å². The van der Waals surface area contributed by atoms with E-state index in [1.54, 1.807) is 32.9 Å². The Bertz CT molecular complexity index is 2250. The highest BCUT2D eigenvalue weighted by atomic mass is 35.5. The summed E-state index contributed by atoms with van der Waals surface area (Å²) in [6.07, 6.45) is 4.80. The maximum absolute atomic E-state index is 17.6. The average molecular weight is 808 g/mol. The maximum Gasteiger partial charge on any atom is 0.413 e. The van der Waals surface area contributed by atoms with Gasteiger partial charge in [-0.3, -0.25) is 15.1 Å². The first-order valence-corrected chi connectivity index (χ1v) is 20.7. The highest BCUT2D eigenvalue weighted by Gasteiger charge is 2.52. The van der Waals surface area contributed by atoms with Crippen LogP contribution in [0.3, 0.4) is 0 Å². The van der Waals surface area contributed by atoms with E-state index in [4.69, 9.17) is 45.5 Å². The van der Waals surface area contributed by atoms with Gasteiger partial charge < -0.3 is 23.8 Å². The Morgan fingerprint density at radius 2 is 1.77 bits per heavy atom. The van der Waals surface area contributed by atoms with E-state index < -0.39 is 23.1 Å². The van der Waals surface area contributed by atoms with Crippen molar-refractivity contribution in [1.29, 1.82) is 0 Å². The van der Waals surface area contributed by atoms with Crippen molar-refractivity contribution >= 4 is 67.2 Å². The Kier molecular flexibility index (Phi) is 8.97. The summed E-state index contributed by atoms with van der Waals surface area (Å²) < 4.78 is 42.7. The lowest BCUT2D eigenvalue weighted by Gasteiger charge is -2.46.